The zero-order valence-corrected chi connectivity index (χ0v) is 9.29. The van der Waals surface area contributed by atoms with E-state index < -0.39 is 29.4 Å². The molecule has 0 saturated heterocycles. The number of hydrogen-bond acceptors (Lipinski definition) is 4. The number of Topliss-reactive ketones (excluding diaryl/α,β-unsaturated/α-hetero) is 1. The molecule has 86 valence electrons. The third-order valence-electron chi connectivity index (χ3n) is 1.37. The van der Waals surface area contributed by atoms with Crippen LogP contribution in [0.1, 0.15) is 27.7 Å². The lowest BCUT2D eigenvalue weighted by Gasteiger charge is -2.21. The van der Waals surface area contributed by atoms with Crippen molar-refractivity contribution in [1.82, 2.24) is 5.32 Å². The summed E-state index contributed by atoms with van der Waals surface area (Å²) in [7, 11) is 0. The summed E-state index contributed by atoms with van der Waals surface area (Å²) in [6, 6.07) is -0.975. The van der Waals surface area contributed by atoms with Crippen LogP contribution in [0.4, 0.5) is 4.79 Å². The standard InChI is InChI=1S/C9H16N2O4/c1-5(6(12)7(10)13)11-8(14)15-9(2,3)4/h5H,1-4H3,(H2,10,13)(H,11,14). The Balaban J connectivity index is 4.20. The Hall–Kier alpha value is -1.59. The third-order valence-corrected chi connectivity index (χ3v) is 1.37. The maximum atomic E-state index is 11.2. The van der Waals surface area contributed by atoms with E-state index in [0.29, 0.717) is 0 Å². The number of alkyl carbamates (subject to hydrolysis) is 1. The summed E-state index contributed by atoms with van der Waals surface area (Å²) in [6.07, 6.45) is -0.760. The Kier molecular flexibility index (Phi) is 4.26. The second kappa shape index (κ2) is 4.77. The summed E-state index contributed by atoms with van der Waals surface area (Å²) in [5.74, 6) is -1.94. The SMILES string of the molecule is CC(NC(=O)OC(C)(C)C)C(=O)C(N)=O. The fourth-order valence-corrected chi connectivity index (χ4v) is 0.763. The number of nitrogens with one attached hydrogen (secondary N) is 1. The molecule has 0 aliphatic carbocycles. The topological polar surface area (TPSA) is 98.5 Å². The van der Waals surface area contributed by atoms with Gasteiger partial charge in [0, 0.05) is 0 Å². The molecule has 0 aromatic heterocycles. The Morgan fingerprint density at radius 2 is 1.73 bits per heavy atom. The van der Waals surface area contributed by atoms with Crippen LogP contribution in [0, 0.1) is 0 Å². The van der Waals surface area contributed by atoms with Crippen LogP contribution in [-0.2, 0) is 14.3 Å². The lowest BCUT2D eigenvalue weighted by molar-refractivity contribution is -0.136. The number of amides is 2. The average Bonchev–Trinajstić information content (AvgIpc) is 1.98. The van der Waals surface area contributed by atoms with Gasteiger partial charge in [-0.1, -0.05) is 0 Å². The number of carbonyl (C=O) groups is 3. The molecule has 6 heteroatoms. The van der Waals surface area contributed by atoms with E-state index in [9.17, 15) is 14.4 Å². The zero-order valence-electron chi connectivity index (χ0n) is 9.29. The second-order valence-electron chi connectivity index (χ2n) is 4.10. The summed E-state index contributed by atoms with van der Waals surface area (Å²) < 4.78 is 4.88. The Bertz CT molecular complexity index is 280. The van der Waals surface area contributed by atoms with Gasteiger partial charge in [0.2, 0.25) is 5.78 Å². The van der Waals surface area contributed by atoms with Gasteiger partial charge in [-0.2, -0.15) is 0 Å². The highest BCUT2D eigenvalue weighted by molar-refractivity contribution is 6.37. The van der Waals surface area contributed by atoms with E-state index in [4.69, 9.17) is 10.5 Å². The van der Waals surface area contributed by atoms with Crippen LogP contribution in [0.25, 0.3) is 0 Å². The first-order valence-electron chi connectivity index (χ1n) is 4.46. The van der Waals surface area contributed by atoms with Crippen molar-refractivity contribution >= 4 is 17.8 Å². The molecule has 0 aromatic rings. The van der Waals surface area contributed by atoms with Crippen molar-refractivity contribution in [1.29, 1.82) is 0 Å². The molecular formula is C9H16N2O4. The van der Waals surface area contributed by atoms with E-state index in [1.807, 2.05) is 0 Å². The first-order valence-corrected chi connectivity index (χ1v) is 4.46. The molecule has 0 rings (SSSR count). The van der Waals surface area contributed by atoms with Crippen LogP contribution >= 0.6 is 0 Å². The van der Waals surface area contributed by atoms with E-state index in [0.717, 1.165) is 0 Å². The van der Waals surface area contributed by atoms with Gasteiger partial charge in [-0.3, -0.25) is 9.59 Å². The highest BCUT2D eigenvalue weighted by Gasteiger charge is 2.23. The van der Waals surface area contributed by atoms with Crippen molar-refractivity contribution in [2.45, 2.75) is 39.3 Å². The van der Waals surface area contributed by atoms with Crippen molar-refractivity contribution in [3.8, 4) is 0 Å². The van der Waals surface area contributed by atoms with E-state index in [1.165, 1.54) is 6.92 Å². The fraction of sp³-hybridized carbons (Fsp3) is 0.667. The van der Waals surface area contributed by atoms with Crippen LogP contribution in [0.2, 0.25) is 0 Å². The largest absolute Gasteiger partial charge is 0.444 e. The summed E-state index contributed by atoms with van der Waals surface area (Å²) in [6.45, 7) is 6.42. The molecule has 0 saturated carbocycles. The smallest absolute Gasteiger partial charge is 0.408 e. The van der Waals surface area contributed by atoms with Gasteiger partial charge in [0.1, 0.15) is 5.60 Å². The molecule has 1 atom stereocenters. The van der Waals surface area contributed by atoms with Gasteiger partial charge in [0.05, 0.1) is 6.04 Å². The Morgan fingerprint density at radius 1 is 1.27 bits per heavy atom. The molecule has 0 radical (unpaired) electrons. The molecule has 1 unspecified atom stereocenters. The molecule has 0 bridgehead atoms. The quantitative estimate of drug-likeness (QED) is 0.646. The number of primary amides is 1. The molecule has 15 heavy (non-hydrogen) atoms. The molecule has 0 heterocycles. The zero-order chi connectivity index (χ0) is 12.2. The van der Waals surface area contributed by atoms with E-state index in [2.05, 4.69) is 5.32 Å². The van der Waals surface area contributed by atoms with Gasteiger partial charge in [-0.15, -0.1) is 0 Å². The Morgan fingerprint density at radius 3 is 2.07 bits per heavy atom. The minimum absolute atomic E-state index is 0.653. The minimum Gasteiger partial charge on any atom is -0.444 e. The maximum absolute atomic E-state index is 11.2. The number of carbonyl (C=O) groups excluding carboxylic acids is 3. The van der Waals surface area contributed by atoms with E-state index >= 15 is 0 Å². The molecule has 3 N–H and O–H groups in total. The lowest BCUT2D eigenvalue weighted by atomic mass is 10.2. The molecule has 2 amide bonds. The number of hydrogen-bond donors (Lipinski definition) is 2. The second-order valence-corrected chi connectivity index (χ2v) is 4.10. The molecule has 0 aliphatic heterocycles. The molecule has 0 spiro atoms. The van der Waals surface area contributed by atoms with Crippen LogP contribution in [-0.4, -0.2) is 29.4 Å². The predicted molar refractivity (Wildman–Crippen MR) is 53.0 cm³/mol. The first-order chi connectivity index (χ1) is 6.63. The molecule has 0 aliphatic rings. The number of ketones is 1. The third kappa shape index (κ3) is 5.66. The van der Waals surface area contributed by atoms with Gasteiger partial charge in [-0.05, 0) is 27.7 Å². The highest BCUT2D eigenvalue weighted by atomic mass is 16.6. The van der Waals surface area contributed by atoms with Gasteiger partial charge in [0.15, 0.2) is 0 Å². The molecule has 0 fully saturated rings. The van der Waals surface area contributed by atoms with Crippen LogP contribution < -0.4 is 11.1 Å². The summed E-state index contributed by atoms with van der Waals surface area (Å²) in [5.41, 5.74) is 4.11. The van der Waals surface area contributed by atoms with E-state index in [-0.39, 0.29) is 0 Å². The van der Waals surface area contributed by atoms with Crippen molar-refractivity contribution < 1.29 is 19.1 Å². The Labute approximate surface area is 88.1 Å². The van der Waals surface area contributed by atoms with Crippen LogP contribution in [0.5, 0.6) is 0 Å². The average molecular weight is 216 g/mol. The van der Waals surface area contributed by atoms with Gasteiger partial charge in [-0.25, -0.2) is 4.79 Å². The molecular weight excluding hydrogens is 200 g/mol. The van der Waals surface area contributed by atoms with Gasteiger partial charge in [0.25, 0.3) is 5.91 Å². The summed E-state index contributed by atoms with van der Waals surface area (Å²) in [5, 5.41) is 2.21. The summed E-state index contributed by atoms with van der Waals surface area (Å²) >= 11 is 0. The fourth-order valence-electron chi connectivity index (χ4n) is 0.763. The van der Waals surface area contributed by atoms with Crippen molar-refractivity contribution in [2.24, 2.45) is 5.73 Å². The minimum atomic E-state index is -1.08. The van der Waals surface area contributed by atoms with Crippen molar-refractivity contribution in [3.05, 3.63) is 0 Å². The van der Waals surface area contributed by atoms with Crippen molar-refractivity contribution in [3.63, 3.8) is 0 Å². The molecule has 0 aromatic carbocycles. The normalized spacial score (nSPS) is 12.8. The van der Waals surface area contributed by atoms with E-state index in [1.54, 1.807) is 20.8 Å². The van der Waals surface area contributed by atoms with Crippen LogP contribution in [0.3, 0.4) is 0 Å². The highest BCUT2D eigenvalue weighted by Crippen LogP contribution is 2.06. The maximum Gasteiger partial charge on any atom is 0.408 e. The van der Waals surface area contributed by atoms with Gasteiger partial charge < -0.3 is 15.8 Å². The summed E-state index contributed by atoms with van der Waals surface area (Å²) in [4.78, 5) is 32.6. The predicted octanol–water partition coefficient (Wildman–Crippen LogP) is -0.0460. The molecule has 6 nitrogen and oxygen atoms in total. The number of nitrogens with two attached hydrogens (primary N) is 1. The lowest BCUT2D eigenvalue weighted by Crippen LogP contribution is -2.45. The number of rotatable bonds is 3. The monoisotopic (exact) mass is 216 g/mol. The number of ether oxygens (including phenoxy) is 1. The van der Waals surface area contributed by atoms with Crippen molar-refractivity contribution in [2.75, 3.05) is 0 Å². The van der Waals surface area contributed by atoms with Gasteiger partial charge >= 0.3 is 6.09 Å². The first kappa shape index (κ1) is 13.4. The van der Waals surface area contributed by atoms with Crippen LogP contribution in [0.15, 0.2) is 0 Å².